The van der Waals surface area contributed by atoms with E-state index in [1.165, 1.54) is 6.42 Å². The lowest BCUT2D eigenvalue weighted by atomic mass is 10.1. The molecule has 0 aromatic heterocycles. The first-order valence-corrected chi connectivity index (χ1v) is 8.92. The van der Waals surface area contributed by atoms with Crippen LogP contribution in [-0.4, -0.2) is 90.3 Å². The third-order valence-electron chi connectivity index (χ3n) is 5.03. The Kier molecular flexibility index (Phi) is 5.52. The molecule has 0 saturated carbocycles. The molecule has 1 atom stereocenters. The molecule has 0 unspecified atom stereocenters. The van der Waals surface area contributed by atoms with Gasteiger partial charge in [0.1, 0.15) is 6.04 Å². The van der Waals surface area contributed by atoms with Gasteiger partial charge in [0.05, 0.1) is 13.0 Å². The summed E-state index contributed by atoms with van der Waals surface area (Å²) in [5, 5.41) is 4.56. The molecule has 138 valence electrons. The van der Waals surface area contributed by atoms with E-state index in [1.54, 1.807) is 4.90 Å². The summed E-state index contributed by atoms with van der Waals surface area (Å²) in [6.07, 6.45) is 3.34. The second kappa shape index (κ2) is 7.81. The molecule has 3 aliphatic rings. The Labute approximate surface area is 146 Å². The fraction of sp³-hybridized carbons (Fsp3) is 0.750. The third kappa shape index (κ3) is 4.47. The Bertz CT molecular complexity index is 553. The van der Waals surface area contributed by atoms with Crippen molar-refractivity contribution in [2.45, 2.75) is 31.7 Å². The van der Waals surface area contributed by atoms with Crippen LogP contribution in [0.25, 0.3) is 0 Å². The molecule has 9 nitrogen and oxygen atoms in total. The number of hydrogen-bond acceptors (Lipinski definition) is 5. The third-order valence-corrected chi connectivity index (χ3v) is 5.03. The van der Waals surface area contributed by atoms with E-state index in [0.29, 0.717) is 32.7 Å². The molecule has 25 heavy (non-hydrogen) atoms. The van der Waals surface area contributed by atoms with E-state index < -0.39 is 18.0 Å². The predicted molar refractivity (Wildman–Crippen MR) is 88.5 cm³/mol. The SMILES string of the molecule is O=C1NC(=O)[C@@H](CC(=O)N2CCN(CC(=O)N3CCCCC3)CC2)N1. The molecular formula is C16H25N5O4. The normalized spacial score (nSPS) is 24.9. The zero-order chi connectivity index (χ0) is 17.8. The molecule has 9 heteroatoms. The molecule has 0 aromatic carbocycles. The highest BCUT2D eigenvalue weighted by molar-refractivity contribution is 6.05. The number of nitrogens with one attached hydrogen (secondary N) is 2. The van der Waals surface area contributed by atoms with Crippen molar-refractivity contribution >= 4 is 23.8 Å². The highest BCUT2D eigenvalue weighted by Crippen LogP contribution is 2.11. The molecule has 0 radical (unpaired) electrons. The van der Waals surface area contributed by atoms with Crippen molar-refractivity contribution < 1.29 is 19.2 Å². The van der Waals surface area contributed by atoms with Crippen molar-refractivity contribution in [2.24, 2.45) is 0 Å². The molecule has 3 heterocycles. The molecule has 3 fully saturated rings. The maximum atomic E-state index is 12.3. The van der Waals surface area contributed by atoms with E-state index >= 15 is 0 Å². The largest absolute Gasteiger partial charge is 0.342 e. The fourth-order valence-electron chi connectivity index (χ4n) is 3.50. The molecular weight excluding hydrogens is 326 g/mol. The first-order valence-electron chi connectivity index (χ1n) is 8.92. The van der Waals surface area contributed by atoms with Gasteiger partial charge in [-0.3, -0.25) is 24.6 Å². The van der Waals surface area contributed by atoms with Gasteiger partial charge in [0.15, 0.2) is 0 Å². The minimum Gasteiger partial charge on any atom is -0.342 e. The van der Waals surface area contributed by atoms with Crippen LogP contribution in [0, 0.1) is 0 Å². The van der Waals surface area contributed by atoms with E-state index in [9.17, 15) is 19.2 Å². The topological polar surface area (TPSA) is 102 Å². The summed E-state index contributed by atoms with van der Waals surface area (Å²) >= 11 is 0. The van der Waals surface area contributed by atoms with Crippen LogP contribution in [-0.2, 0) is 14.4 Å². The highest BCUT2D eigenvalue weighted by atomic mass is 16.2. The van der Waals surface area contributed by atoms with Crippen molar-refractivity contribution in [3.8, 4) is 0 Å². The molecule has 2 N–H and O–H groups in total. The minimum atomic E-state index is -0.779. The van der Waals surface area contributed by atoms with Gasteiger partial charge in [-0.1, -0.05) is 0 Å². The zero-order valence-corrected chi connectivity index (χ0v) is 14.3. The molecule has 0 aliphatic carbocycles. The molecule has 3 saturated heterocycles. The average molecular weight is 351 g/mol. The van der Waals surface area contributed by atoms with Gasteiger partial charge < -0.3 is 15.1 Å². The monoisotopic (exact) mass is 351 g/mol. The fourth-order valence-corrected chi connectivity index (χ4v) is 3.50. The van der Waals surface area contributed by atoms with Gasteiger partial charge in [0, 0.05) is 39.3 Å². The molecule has 0 spiro atoms. The van der Waals surface area contributed by atoms with Gasteiger partial charge in [-0.25, -0.2) is 4.79 Å². The summed E-state index contributed by atoms with van der Waals surface area (Å²) in [4.78, 5) is 52.9. The van der Waals surface area contributed by atoms with Crippen molar-refractivity contribution in [1.29, 1.82) is 0 Å². The number of carbonyl (C=O) groups is 4. The smallest absolute Gasteiger partial charge is 0.322 e. The van der Waals surface area contributed by atoms with E-state index in [4.69, 9.17) is 0 Å². The molecule has 3 aliphatic heterocycles. The van der Waals surface area contributed by atoms with Gasteiger partial charge in [0.25, 0.3) is 5.91 Å². The molecule has 0 aromatic rings. The number of likely N-dealkylation sites (tertiary alicyclic amines) is 1. The van der Waals surface area contributed by atoms with E-state index in [2.05, 4.69) is 15.5 Å². The standard InChI is InChI=1S/C16H25N5O4/c22-13(10-12-15(24)18-16(25)17-12)21-8-6-19(7-9-21)11-14(23)20-4-2-1-3-5-20/h12H,1-11H2,(H2,17,18,24,25)/t12-/m1/s1. The first-order chi connectivity index (χ1) is 12.0. The Hall–Kier alpha value is -2.16. The van der Waals surface area contributed by atoms with Crippen LogP contribution in [0.15, 0.2) is 0 Å². The van der Waals surface area contributed by atoms with Gasteiger partial charge in [-0.15, -0.1) is 0 Å². The van der Waals surface area contributed by atoms with Crippen LogP contribution in [0.4, 0.5) is 4.79 Å². The van der Waals surface area contributed by atoms with E-state index in [-0.39, 0.29) is 18.2 Å². The summed E-state index contributed by atoms with van der Waals surface area (Å²) in [7, 11) is 0. The number of rotatable bonds is 4. The molecule has 0 bridgehead atoms. The van der Waals surface area contributed by atoms with Crippen LogP contribution in [0.5, 0.6) is 0 Å². The lowest BCUT2D eigenvalue weighted by Crippen LogP contribution is -2.52. The number of piperazine rings is 1. The average Bonchev–Trinajstić information content (AvgIpc) is 2.93. The van der Waals surface area contributed by atoms with Crippen molar-refractivity contribution in [3.05, 3.63) is 0 Å². The summed E-state index contributed by atoms with van der Waals surface area (Å²) < 4.78 is 0. The van der Waals surface area contributed by atoms with Gasteiger partial charge >= 0.3 is 6.03 Å². The Morgan fingerprint density at radius 2 is 1.52 bits per heavy atom. The Balaban J connectivity index is 1.40. The second-order valence-electron chi connectivity index (χ2n) is 6.82. The predicted octanol–water partition coefficient (Wildman–Crippen LogP) is -1.26. The Morgan fingerprint density at radius 1 is 0.880 bits per heavy atom. The quantitative estimate of drug-likeness (QED) is 0.616. The van der Waals surface area contributed by atoms with Crippen LogP contribution >= 0.6 is 0 Å². The highest BCUT2D eigenvalue weighted by Gasteiger charge is 2.33. The van der Waals surface area contributed by atoms with Gasteiger partial charge in [0.2, 0.25) is 11.8 Å². The Morgan fingerprint density at radius 3 is 2.12 bits per heavy atom. The number of urea groups is 1. The first kappa shape index (κ1) is 17.7. The number of piperidine rings is 1. The number of carbonyl (C=O) groups excluding carboxylic acids is 4. The summed E-state index contributed by atoms with van der Waals surface area (Å²) in [6.45, 7) is 4.48. The van der Waals surface area contributed by atoms with Crippen LogP contribution in [0.3, 0.4) is 0 Å². The van der Waals surface area contributed by atoms with Crippen molar-refractivity contribution in [3.63, 3.8) is 0 Å². The number of imide groups is 1. The number of nitrogens with zero attached hydrogens (tertiary/aromatic N) is 3. The van der Waals surface area contributed by atoms with Crippen molar-refractivity contribution in [1.82, 2.24) is 25.3 Å². The zero-order valence-electron chi connectivity index (χ0n) is 14.3. The maximum absolute atomic E-state index is 12.3. The van der Waals surface area contributed by atoms with Crippen LogP contribution in [0.2, 0.25) is 0 Å². The van der Waals surface area contributed by atoms with Gasteiger partial charge in [-0.2, -0.15) is 0 Å². The maximum Gasteiger partial charge on any atom is 0.322 e. The lowest BCUT2D eigenvalue weighted by Gasteiger charge is -2.36. The number of amides is 5. The second-order valence-corrected chi connectivity index (χ2v) is 6.82. The number of hydrogen-bond donors (Lipinski definition) is 2. The molecule has 3 rings (SSSR count). The van der Waals surface area contributed by atoms with Crippen LogP contribution in [0.1, 0.15) is 25.7 Å². The summed E-state index contributed by atoms with van der Waals surface area (Å²) in [5.41, 5.74) is 0. The van der Waals surface area contributed by atoms with Gasteiger partial charge in [-0.05, 0) is 19.3 Å². The summed E-state index contributed by atoms with van der Waals surface area (Å²) in [5.74, 6) is -0.432. The van der Waals surface area contributed by atoms with Crippen LogP contribution < -0.4 is 10.6 Å². The van der Waals surface area contributed by atoms with E-state index in [0.717, 1.165) is 25.9 Å². The summed E-state index contributed by atoms with van der Waals surface area (Å²) in [6, 6.07) is -1.33. The lowest BCUT2D eigenvalue weighted by molar-refractivity contribution is -0.137. The molecule has 5 amide bonds. The van der Waals surface area contributed by atoms with Crippen molar-refractivity contribution in [2.75, 3.05) is 45.8 Å². The minimum absolute atomic E-state index is 0.0235. The van der Waals surface area contributed by atoms with E-state index in [1.807, 2.05) is 4.90 Å².